The van der Waals surface area contributed by atoms with Gasteiger partial charge in [0.25, 0.3) is 10.0 Å². The molecule has 7 rings (SSSR count). The standard InChI is InChI=1S/C40H33NO4S/c1-27-21-23-31(24-22-27)46(43,44)41-36(29-15-7-3-8-16-29)25-34(28-13-5-2-6-14-28)38-33-20-12-11-19-32(33)35-26-37(45-40(42)39(35)38)30-17-9-4-10-18-30/h2-26,34-35,38-39,41H,1H3/b36-25-/t34-,35-,38+,39-/m0/s1. The monoisotopic (exact) mass is 623 g/mol. The molecule has 4 atom stereocenters. The summed E-state index contributed by atoms with van der Waals surface area (Å²) in [5.41, 5.74) is 6.10. The third-order valence-electron chi connectivity index (χ3n) is 8.94. The summed E-state index contributed by atoms with van der Waals surface area (Å²) in [5, 5.41) is 0. The van der Waals surface area contributed by atoms with E-state index in [-0.39, 0.29) is 28.6 Å². The van der Waals surface area contributed by atoms with Gasteiger partial charge in [0, 0.05) is 23.3 Å². The van der Waals surface area contributed by atoms with Gasteiger partial charge in [-0.25, -0.2) is 8.42 Å². The Hall–Kier alpha value is -5.20. The molecule has 5 aromatic carbocycles. The predicted octanol–water partition coefficient (Wildman–Crippen LogP) is 8.19. The third kappa shape index (κ3) is 5.68. The van der Waals surface area contributed by atoms with Crippen LogP contribution < -0.4 is 4.72 Å². The van der Waals surface area contributed by atoms with Crippen LogP contribution in [0.3, 0.4) is 0 Å². The molecule has 0 fully saturated rings. The number of sulfonamides is 1. The summed E-state index contributed by atoms with van der Waals surface area (Å²) in [6.45, 7) is 1.92. The molecular weight excluding hydrogens is 591 g/mol. The number of fused-ring (bicyclic) bond motifs is 3. The van der Waals surface area contributed by atoms with Gasteiger partial charge in [-0.1, -0.05) is 139 Å². The van der Waals surface area contributed by atoms with E-state index in [2.05, 4.69) is 22.9 Å². The van der Waals surface area contributed by atoms with Crippen molar-refractivity contribution < 1.29 is 17.9 Å². The minimum atomic E-state index is -3.93. The number of carbonyl (C=O) groups excluding carboxylic acids is 1. The molecule has 0 bridgehead atoms. The van der Waals surface area contributed by atoms with Crippen molar-refractivity contribution in [1.82, 2.24) is 4.72 Å². The number of esters is 1. The molecular formula is C40H33NO4S. The van der Waals surface area contributed by atoms with Crippen molar-refractivity contribution >= 4 is 27.4 Å². The zero-order valence-electron chi connectivity index (χ0n) is 25.3. The molecule has 0 saturated heterocycles. The fraction of sp³-hybridized carbons (Fsp3) is 0.125. The van der Waals surface area contributed by atoms with Crippen molar-refractivity contribution in [3.8, 4) is 0 Å². The summed E-state index contributed by atoms with van der Waals surface area (Å²) in [5.74, 6) is -1.10. The number of aryl methyl sites for hydroxylation is 1. The van der Waals surface area contributed by atoms with E-state index in [0.717, 1.165) is 33.4 Å². The topological polar surface area (TPSA) is 72.5 Å². The minimum absolute atomic E-state index is 0.178. The maximum atomic E-state index is 14.1. The van der Waals surface area contributed by atoms with E-state index in [1.54, 1.807) is 24.3 Å². The Morgan fingerprint density at radius 1 is 0.739 bits per heavy atom. The van der Waals surface area contributed by atoms with Crippen molar-refractivity contribution in [1.29, 1.82) is 0 Å². The number of hydrogen-bond acceptors (Lipinski definition) is 4. The molecule has 0 saturated carbocycles. The first kappa shape index (κ1) is 29.5. The number of cyclic esters (lactones) is 1. The maximum Gasteiger partial charge on any atom is 0.315 e. The molecule has 6 heteroatoms. The Morgan fingerprint density at radius 2 is 1.33 bits per heavy atom. The van der Waals surface area contributed by atoms with E-state index in [9.17, 15) is 13.2 Å². The molecule has 1 heterocycles. The largest absolute Gasteiger partial charge is 0.426 e. The predicted molar refractivity (Wildman–Crippen MR) is 181 cm³/mol. The molecule has 1 N–H and O–H groups in total. The Balaban J connectivity index is 1.39. The second-order valence-corrected chi connectivity index (χ2v) is 13.5. The molecule has 0 spiro atoms. The van der Waals surface area contributed by atoms with E-state index in [1.807, 2.05) is 116 Å². The van der Waals surface area contributed by atoms with Crippen LogP contribution in [0.2, 0.25) is 0 Å². The van der Waals surface area contributed by atoms with Crippen LogP contribution in [0.4, 0.5) is 0 Å². The molecule has 0 amide bonds. The number of hydrogen-bond donors (Lipinski definition) is 1. The molecule has 5 nitrogen and oxygen atoms in total. The van der Waals surface area contributed by atoms with Gasteiger partial charge in [0.1, 0.15) is 5.76 Å². The highest BCUT2D eigenvalue weighted by Crippen LogP contribution is 2.56. The second kappa shape index (κ2) is 12.3. The van der Waals surface area contributed by atoms with Crippen LogP contribution in [0.1, 0.15) is 51.1 Å². The highest BCUT2D eigenvalue weighted by atomic mass is 32.2. The lowest BCUT2D eigenvalue weighted by Gasteiger charge is -2.32. The van der Waals surface area contributed by atoms with Crippen LogP contribution in [0.25, 0.3) is 11.5 Å². The van der Waals surface area contributed by atoms with E-state index in [4.69, 9.17) is 4.74 Å². The van der Waals surface area contributed by atoms with Crippen LogP contribution in [-0.2, 0) is 19.6 Å². The SMILES string of the molecule is Cc1ccc(S(=O)(=O)N/C(=C\[C@@H](c2ccccc2)[C@H]2c3ccccc3[C@@H]3C=C(c4ccccc4)OC(=O)[C@H]23)c2ccccc2)cc1. The number of ether oxygens (including phenoxy) is 1. The van der Waals surface area contributed by atoms with Crippen LogP contribution >= 0.6 is 0 Å². The second-order valence-electron chi connectivity index (χ2n) is 11.8. The Morgan fingerprint density at radius 3 is 2.00 bits per heavy atom. The molecule has 0 aromatic heterocycles. The van der Waals surface area contributed by atoms with E-state index in [1.165, 1.54) is 0 Å². The molecule has 228 valence electrons. The summed E-state index contributed by atoms with van der Waals surface area (Å²) < 4.78 is 36.5. The van der Waals surface area contributed by atoms with E-state index in [0.29, 0.717) is 11.5 Å². The molecule has 1 aliphatic heterocycles. The fourth-order valence-electron chi connectivity index (χ4n) is 6.75. The van der Waals surface area contributed by atoms with Gasteiger partial charge in [-0.2, -0.15) is 0 Å². The highest BCUT2D eigenvalue weighted by molar-refractivity contribution is 7.89. The van der Waals surface area contributed by atoms with Crippen LogP contribution in [0.5, 0.6) is 0 Å². The zero-order valence-corrected chi connectivity index (χ0v) is 26.1. The molecule has 2 aliphatic rings. The van der Waals surface area contributed by atoms with Crippen LogP contribution in [-0.4, -0.2) is 14.4 Å². The molecule has 1 aliphatic carbocycles. The van der Waals surface area contributed by atoms with E-state index < -0.39 is 15.9 Å². The first-order chi connectivity index (χ1) is 22.4. The first-order valence-corrected chi connectivity index (χ1v) is 16.9. The van der Waals surface area contributed by atoms with Crippen molar-refractivity contribution in [3.05, 3.63) is 185 Å². The van der Waals surface area contributed by atoms with E-state index >= 15 is 0 Å². The fourth-order valence-corrected chi connectivity index (χ4v) is 7.84. The average Bonchev–Trinajstić information content (AvgIpc) is 3.42. The van der Waals surface area contributed by atoms with Crippen molar-refractivity contribution in [3.63, 3.8) is 0 Å². The quantitative estimate of drug-likeness (QED) is 0.177. The third-order valence-corrected chi connectivity index (χ3v) is 10.3. The highest BCUT2D eigenvalue weighted by Gasteiger charge is 2.50. The van der Waals surface area contributed by atoms with Crippen molar-refractivity contribution in [2.24, 2.45) is 5.92 Å². The lowest BCUT2D eigenvalue weighted by atomic mass is 9.74. The van der Waals surface area contributed by atoms with Crippen LogP contribution in [0, 0.1) is 12.8 Å². The Bertz CT molecular complexity index is 2040. The zero-order chi connectivity index (χ0) is 31.7. The minimum Gasteiger partial charge on any atom is -0.426 e. The summed E-state index contributed by atoms with van der Waals surface area (Å²) in [7, 11) is -3.93. The first-order valence-electron chi connectivity index (χ1n) is 15.4. The van der Waals surface area contributed by atoms with Gasteiger partial charge in [-0.15, -0.1) is 0 Å². The number of rotatable bonds is 8. The number of benzene rings is 5. The van der Waals surface area contributed by atoms with Gasteiger partial charge in [0.05, 0.1) is 16.5 Å². The average molecular weight is 624 g/mol. The van der Waals surface area contributed by atoms with Crippen LogP contribution in [0.15, 0.2) is 157 Å². The van der Waals surface area contributed by atoms with Gasteiger partial charge in [-0.05, 0) is 47.4 Å². The number of allylic oxidation sites excluding steroid dienone is 2. The molecule has 5 aromatic rings. The molecule has 0 unspecified atom stereocenters. The van der Waals surface area contributed by atoms with Gasteiger partial charge in [0.2, 0.25) is 0 Å². The molecule has 0 radical (unpaired) electrons. The number of nitrogens with one attached hydrogen (secondary N) is 1. The Kier molecular flexibility index (Phi) is 7.89. The lowest BCUT2D eigenvalue weighted by Crippen LogP contribution is -2.30. The smallest absolute Gasteiger partial charge is 0.315 e. The summed E-state index contributed by atoms with van der Waals surface area (Å²) in [4.78, 5) is 14.3. The maximum absolute atomic E-state index is 14.1. The van der Waals surface area contributed by atoms with Gasteiger partial charge in [-0.3, -0.25) is 9.52 Å². The van der Waals surface area contributed by atoms with Crippen molar-refractivity contribution in [2.75, 3.05) is 0 Å². The van der Waals surface area contributed by atoms with Gasteiger partial charge < -0.3 is 4.74 Å². The van der Waals surface area contributed by atoms with Gasteiger partial charge in [0.15, 0.2) is 0 Å². The summed E-state index contributed by atoms with van der Waals surface area (Å²) >= 11 is 0. The summed E-state index contributed by atoms with van der Waals surface area (Å²) in [6.07, 6.45) is 4.05. The number of carbonyl (C=O) groups is 1. The normalized spacial score (nSPS) is 19.8. The van der Waals surface area contributed by atoms with Crippen molar-refractivity contribution in [2.45, 2.75) is 29.6 Å². The summed E-state index contributed by atoms with van der Waals surface area (Å²) in [6, 6.07) is 44.1. The van der Waals surface area contributed by atoms with Gasteiger partial charge >= 0.3 is 5.97 Å². The lowest BCUT2D eigenvalue weighted by molar-refractivity contribution is -0.143. The Labute approximate surface area is 270 Å². The molecule has 46 heavy (non-hydrogen) atoms.